The van der Waals surface area contributed by atoms with E-state index in [0.29, 0.717) is 10.6 Å². The first-order valence-corrected chi connectivity index (χ1v) is 11.2. The maximum Gasteiger partial charge on any atom is 0.325 e. The minimum absolute atomic E-state index is 0.190. The number of carboxylic acid groups (broad SMARTS) is 1. The SMILES string of the molecule is O=C(O)C/N=C(\c1ccccc1F)c1cc(Cl)ccc1NC1CCN(Cc2ccccc2)C1. The van der Waals surface area contributed by atoms with Gasteiger partial charge in [-0.05, 0) is 42.3 Å². The van der Waals surface area contributed by atoms with E-state index >= 15 is 0 Å². The van der Waals surface area contributed by atoms with E-state index in [1.165, 1.54) is 11.6 Å². The molecule has 3 aromatic rings. The lowest BCUT2D eigenvalue weighted by atomic mass is 9.99. The predicted octanol–water partition coefficient (Wildman–Crippen LogP) is 5.09. The van der Waals surface area contributed by atoms with E-state index in [4.69, 9.17) is 11.6 Å². The molecular formula is C26H25ClFN3O2. The van der Waals surface area contributed by atoms with E-state index in [9.17, 15) is 14.3 Å². The predicted molar refractivity (Wildman–Crippen MR) is 130 cm³/mol. The molecule has 0 bridgehead atoms. The molecule has 0 amide bonds. The summed E-state index contributed by atoms with van der Waals surface area (Å²) in [7, 11) is 0. The van der Waals surface area contributed by atoms with Crippen LogP contribution in [0, 0.1) is 5.82 Å². The largest absolute Gasteiger partial charge is 0.480 e. The lowest BCUT2D eigenvalue weighted by Gasteiger charge is -2.20. The molecule has 170 valence electrons. The van der Waals surface area contributed by atoms with Crippen LogP contribution in [-0.2, 0) is 11.3 Å². The highest BCUT2D eigenvalue weighted by atomic mass is 35.5. The van der Waals surface area contributed by atoms with Crippen molar-refractivity contribution >= 4 is 29.0 Å². The van der Waals surface area contributed by atoms with Crippen LogP contribution in [0.2, 0.25) is 5.02 Å². The van der Waals surface area contributed by atoms with E-state index in [2.05, 4.69) is 27.3 Å². The van der Waals surface area contributed by atoms with E-state index in [1.54, 1.807) is 30.3 Å². The molecule has 2 N–H and O–H groups in total. The van der Waals surface area contributed by atoms with Gasteiger partial charge in [0.1, 0.15) is 12.4 Å². The zero-order valence-electron chi connectivity index (χ0n) is 18.0. The Labute approximate surface area is 197 Å². The fraction of sp³-hybridized carbons (Fsp3) is 0.231. The third kappa shape index (κ3) is 5.97. The Hall–Kier alpha value is -3.22. The molecule has 1 unspecified atom stereocenters. The van der Waals surface area contributed by atoms with Gasteiger partial charge in [-0.2, -0.15) is 0 Å². The van der Waals surface area contributed by atoms with Crippen molar-refractivity contribution in [2.75, 3.05) is 25.0 Å². The van der Waals surface area contributed by atoms with Crippen LogP contribution < -0.4 is 5.32 Å². The van der Waals surface area contributed by atoms with Gasteiger partial charge in [0.15, 0.2) is 0 Å². The molecule has 4 rings (SSSR count). The summed E-state index contributed by atoms with van der Waals surface area (Å²) in [6.07, 6.45) is 0.955. The number of carboxylic acids is 1. The normalized spacial score (nSPS) is 16.7. The number of anilines is 1. The quantitative estimate of drug-likeness (QED) is 0.455. The van der Waals surface area contributed by atoms with Gasteiger partial charge in [0.25, 0.3) is 0 Å². The van der Waals surface area contributed by atoms with Crippen molar-refractivity contribution in [1.82, 2.24) is 4.90 Å². The Morgan fingerprint density at radius 1 is 1.09 bits per heavy atom. The van der Waals surface area contributed by atoms with Crippen LogP contribution in [0.4, 0.5) is 10.1 Å². The number of carbonyl (C=O) groups is 1. The smallest absolute Gasteiger partial charge is 0.325 e. The standard InChI is InChI=1S/C26H25ClFN3O2/c27-19-10-11-24(30-20-12-13-31(17-20)16-18-6-2-1-3-7-18)22(14-19)26(29-15-25(32)33)21-8-4-5-9-23(21)28/h1-11,14,20,30H,12-13,15-17H2,(H,32,33)/b29-26+. The minimum atomic E-state index is -1.09. The fourth-order valence-corrected chi connectivity index (χ4v) is 4.28. The highest BCUT2D eigenvalue weighted by Crippen LogP contribution is 2.27. The van der Waals surface area contributed by atoms with Crippen molar-refractivity contribution in [3.8, 4) is 0 Å². The Bertz CT molecular complexity index is 1150. The number of aliphatic imine (C=N–C) groups is 1. The third-order valence-electron chi connectivity index (χ3n) is 5.62. The molecule has 1 aliphatic rings. The molecule has 1 atom stereocenters. The second kappa shape index (κ2) is 10.6. The van der Waals surface area contributed by atoms with E-state index in [-0.39, 0.29) is 17.3 Å². The van der Waals surface area contributed by atoms with Crippen molar-refractivity contribution in [2.24, 2.45) is 4.99 Å². The number of hydrogen-bond donors (Lipinski definition) is 2. The lowest BCUT2D eigenvalue weighted by molar-refractivity contribution is -0.135. The van der Waals surface area contributed by atoms with Crippen LogP contribution >= 0.6 is 11.6 Å². The average Bonchev–Trinajstić information content (AvgIpc) is 3.24. The van der Waals surface area contributed by atoms with Gasteiger partial charge in [-0.1, -0.05) is 54.1 Å². The number of rotatable bonds is 8. The van der Waals surface area contributed by atoms with Crippen LogP contribution in [0.5, 0.6) is 0 Å². The average molecular weight is 466 g/mol. The molecule has 0 saturated carbocycles. The molecule has 0 spiro atoms. The van der Waals surface area contributed by atoms with Gasteiger partial charge in [0, 0.05) is 47.5 Å². The molecule has 7 heteroatoms. The van der Waals surface area contributed by atoms with Crippen molar-refractivity contribution in [3.05, 3.63) is 100 Å². The van der Waals surface area contributed by atoms with Gasteiger partial charge in [-0.3, -0.25) is 14.7 Å². The van der Waals surface area contributed by atoms with Gasteiger partial charge < -0.3 is 10.4 Å². The van der Waals surface area contributed by atoms with Crippen LogP contribution in [0.25, 0.3) is 0 Å². The Morgan fingerprint density at radius 3 is 2.61 bits per heavy atom. The molecule has 0 aliphatic carbocycles. The Morgan fingerprint density at radius 2 is 1.85 bits per heavy atom. The monoisotopic (exact) mass is 465 g/mol. The fourth-order valence-electron chi connectivity index (χ4n) is 4.11. The highest BCUT2D eigenvalue weighted by molar-refractivity contribution is 6.31. The van der Waals surface area contributed by atoms with Crippen LogP contribution in [0.3, 0.4) is 0 Å². The first-order chi connectivity index (χ1) is 16.0. The van der Waals surface area contributed by atoms with Crippen LogP contribution in [-0.4, -0.2) is 47.4 Å². The zero-order valence-corrected chi connectivity index (χ0v) is 18.8. The van der Waals surface area contributed by atoms with Crippen LogP contribution in [0.15, 0.2) is 77.8 Å². The van der Waals surface area contributed by atoms with Gasteiger partial charge >= 0.3 is 5.97 Å². The number of nitrogens with zero attached hydrogens (tertiary/aromatic N) is 2. The molecule has 1 aliphatic heterocycles. The van der Waals surface area contributed by atoms with Crippen LogP contribution in [0.1, 0.15) is 23.1 Å². The third-order valence-corrected chi connectivity index (χ3v) is 5.85. The molecule has 3 aromatic carbocycles. The number of aliphatic carboxylic acids is 1. The van der Waals surface area contributed by atoms with Crippen molar-refractivity contribution in [3.63, 3.8) is 0 Å². The second-order valence-corrected chi connectivity index (χ2v) is 8.52. The molecule has 33 heavy (non-hydrogen) atoms. The van der Waals surface area contributed by atoms with E-state index in [1.807, 2.05) is 24.3 Å². The lowest BCUT2D eigenvalue weighted by Crippen LogP contribution is -2.26. The van der Waals surface area contributed by atoms with Gasteiger partial charge in [-0.25, -0.2) is 4.39 Å². The van der Waals surface area contributed by atoms with E-state index in [0.717, 1.165) is 31.7 Å². The van der Waals surface area contributed by atoms with E-state index < -0.39 is 18.3 Å². The summed E-state index contributed by atoms with van der Waals surface area (Å²) >= 11 is 6.28. The minimum Gasteiger partial charge on any atom is -0.480 e. The molecule has 0 aromatic heterocycles. The van der Waals surface area contributed by atoms with Crippen molar-refractivity contribution < 1.29 is 14.3 Å². The molecule has 1 fully saturated rings. The first-order valence-electron chi connectivity index (χ1n) is 10.8. The number of nitrogens with one attached hydrogen (secondary N) is 1. The summed E-state index contributed by atoms with van der Waals surface area (Å²) in [5.41, 5.74) is 3.10. The summed E-state index contributed by atoms with van der Waals surface area (Å²) in [6, 6.07) is 22.1. The topological polar surface area (TPSA) is 64.9 Å². The summed E-state index contributed by atoms with van der Waals surface area (Å²) in [5, 5.41) is 13.2. The maximum absolute atomic E-state index is 14.7. The second-order valence-electron chi connectivity index (χ2n) is 8.08. The summed E-state index contributed by atoms with van der Waals surface area (Å²) < 4.78 is 14.7. The number of likely N-dealkylation sites (tertiary alicyclic amines) is 1. The number of benzene rings is 3. The molecule has 1 heterocycles. The maximum atomic E-state index is 14.7. The molecule has 1 saturated heterocycles. The van der Waals surface area contributed by atoms with Crippen molar-refractivity contribution in [1.29, 1.82) is 0 Å². The first kappa shape index (κ1) is 23.0. The van der Waals surface area contributed by atoms with Gasteiger partial charge in [-0.15, -0.1) is 0 Å². The van der Waals surface area contributed by atoms with Gasteiger partial charge in [0.05, 0.1) is 5.71 Å². The Balaban J connectivity index is 1.59. The Kier molecular flexibility index (Phi) is 7.37. The number of hydrogen-bond acceptors (Lipinski definition) is 4. The number of halogens is 2. The summed E-state index contributed by atoms with van der Waals surface area (Å²) in [6.45, 7) is 2.23. The summed E-state index contributed by atoms with van der Waals surface area (Å²) in [5.74, 6) is -1.56. The highest BCUT2D eigenvalue weighted by Gasteiger charge is 2.24. The molecule has 5 nitrogen and oxygen atoms in total. The zero-order chi connectivity index (χ0) is 23.2. The molecule has 0 radical (unpaired) electrons. The van der Waals surface area contributed by atoms with Crippen molar-refractivity contribution in [2.45, 2.75) is 19.0 Å². The summed E-state index contributed by atoms with van der Waals surface area (Å²) in [4.78, 5) is 17.8. The molecular weight excluding hydrogens is 441 g/mol. The van der Waals surface area contributed by atoms with Gasteiger partial charge in [0.2, 0.25) is 0 Å².